The fourth-order valence-corrected chi connectivity index (χ4v) is 6.46. The average molecular weight is 564 g/mol. The third-order valence-corrected chi connectivity index (χ3v) is 8.79. The van der Waals surface area contributed by atoms with Crippen LogP contribution in [0.4, 0.5) is 11.5 Å². The van der Waals surface area contributed by atoms with Crippen molar-refractivity contribution in [2.75, 3.05) is 42.5 Å². The molecule has 2 fully saturated rings. The van der Waals surface area contributed by atoms with Gasteiger partial charge in [-0.15, -0.1) is 0 Å². The number of benzene rings is 1. The van der Waals surface area contributed by atoms with Gasteiger partial charge >= 0.3 is 0 Å². The van der Waals surface area contributed by atoms with Gasteiger partial charge in [-0.3, -0.25) is 19.1 Å². The molecule has 0 saturated carbocycles. The van der Waals surface area contributed by atoms with E-state index in [9.17, 15) is 14.9 Å². The zero-order chi connectivity index (χ0) is 27.9. The fraction of sp³-hybridized carbons (Fsp3) is 0.467. The van der Waals surface area contributed by atoms with Crippen LogP contribution in [0.2, 0.25) is 0 Å². The molecule has 3 heterocycles. The molecule has 2 aliphatic heterocycles. The highest BCUT2D eigenvalue weighted by Crippen LogP contribution is 2.36. The van der Waals surface area contributed by atoms with Gasteiger partial charge in [-0.1, -0.05) is 75.3 Å². The minimum atomic E-state index is -0.256. The van der Waals surface area contributed by atoms with Crippen molar-refractivity contribution in [3.05, 3.63) is 62.3 Å². The number of thioether (sulfide) groups is 1. The normalized spacial score (nSPS) is 16.9. The van der Waals surface area contributed by atoms with Crippen LogP contribution in [0.15, 0.2) is 40.0 Å². The van der Waals surface area contributed by atoms with Crippen molar-refractivity contribution in [3.63, 3.8) is 0 Å². The Bertz CT molecular complexity index is 1340. The highest BCUT2D eigenvalue weighted by molar-refractivity contribution is 8.26. The minimum Gasteiger partial charge on any atom is -0.368 e. The number of carbonyl (C=O) groups is 1. The van der Waals surface area contributed by atoms with Crippen LogP contribution in [0.5, 0.6) is 0 Å². The molecule has 0 spiro atoms. The first-order valence-electron chi connectivity index (χ1n) is 13.9. The number of piperazine rings is 1. The molecule has 4 rings (SSSR count). The van der Waals surface area contributed by atoms with E-state index < -0.39 is 0 Å². The number of pyridine rings is 1. The number of nitrogens with zero attached hydrogens (tertiary/aromatic N) is 5. The number of rotatable bonds is 10. The average Bonchev–Trinajstić information content (AvgIpc) is 3.22. The number of thiocarbonyl (C=S) groups is 1. The van der Waals surface area contributed by atoms with E-state index in [1.165, 1.54) is 17.4 Å². The highest BCUT2D eigenvalue weighted by Gasteiger charge is 2.33. The van der Waals surface area contributed by atoms with Crippen molar-refractivity contribution in [2.45, 2.75) is 59.4 Å². The van der Waals surface area contributed by atoms with E-state index in [1.807, 2.05) is 31.2 Å². The Labute approximate surface area is 241 Å². The number of para-hydroxylation sites is 1. The lowest BCUT2D eigenvalue weighted by Gasteiger charge is -2.39. The Morgan fingerprint density at radius 1 is 0.974 bits per heavy atom. The van der Waals surface area contributed by atoms with Crippen molar-refractivity contribution in [1.82, 2.24) is 9.47 Å². The van der Waals surface area contributed by atoms with Crippen LogP contribution in [0.1, 0.15) is 62.6 Å². The van der Waals surface area contributed by atoms with Crippen molar-refractivity contribution in [3.8, 4) is 6.07 Å². The number of hydrogen-bond acceptors (Lipinski definition) is 7. The summed E-state index contributed by atoms with van der Waals surface area (Å²) in [7, 11) is 0. The Hall–Kier alpha value is -3.09. The topological polar surface area (TPSA) is 72.6 Å². The number of unbranched alkanes of at least 4 members (excludes halogenated alkanes) is 3. The van der Waals surface area contributed by atoms with E-state index >= 15 is 0 Å². The van der Waals surface area contributed by atoms with Crippen LogP contribution >= 0.6 is 24.0 Å². The van der Waals surface area contributed by atoms with Crippen molar-refractivity contribution >= 4 is 51.8 Å². The fourth-order valence-electron chi connectivity index (χ4n) is 5.17. The number of anilines is 2. The van der Waals surface area contributed by atoms with Gasteiger partial charge in [0.2, 0.25) is 0 Å². The molecule has 39 heavy (non-hydrogen) atoms. The molecule has 0 atom stereocenters. The third-order valence-electron chi connectivity index (χ3n) is 7.42. The van der Waals surface area contributed by atoms with Gasteiger partial charge in [-0.2, -0.15) is 5.26 Å². The summed E-state index contributed by atoms with van der Waals surface area (Å²) in [6, 6.07) is 12.5. The second-order valence-corrected chi connectivity index (χ2v) is 11.7. The predicted molar refractivity (Wildman–Crippen MR) is 165 cm³/mol. The number of amides is 1. The quantitative estimate of drug-likeness (QED) is 0.213. The lowest BCUT2D eigenvalue weighted by atomic mass is 10.0. The number of aromatic nitrogens is 1. The molecule has 1 amide bonds. The summed E-state index contributed by atoms with van der Waals surface area (Å²) in [6.07, 6.45) is 6.64. The lowest BCUT2D eigenvalue weighted by Crippen LogP contribution is -2.48. The van der Waals surface area contributed by atoms with E-state index in [-0.39, 0.29) is 17.0 Å². The SMILES string of the molecule is CCCCCN1C(=O)/C(=C\c2c(C)c(C#N)c(=O)n(CCCC)c2N2CCN(c3ccccc3)CC2)SC1=S. The molecule has 9 heteroatoms. The Kier molecular flexibility index (Phi) is 9.87. The largest absolute Gasteiger partial charge is 0.368 e. The Morgan fingerprint density at radius 2 is 1.64 bits per heavy atom. The molecule has 0 bridgehead atoms. The van der Waals surface area contributed by atoms with E-state index in [1.54, 1.807) is 9.47 Å². The molecule has 2 aromatic rings. The van der Waals surface area contributed by atoms with E-state index in [4.69, 9.17) is 12.2 Å². The van der Waals surface area contributed by atoms with Crippen LogP contribution < -0.4 is 15.4 Å². The molecular weight excluding hydrogens is 526 g/mol. The van der Waals surface area contributed by atoms with Crippen LogP contribution in [0, 0.1) is 18.3 Å². The first-order valence-corrected chi connectivity index (χ1v) is 15.1. The van der Waals surface area contributed by atoms with Crippen molar-refractivity contribution in [2.24, 2.45) is 0 Å². The van der Waals surface area contributed by atoms with Gasteiger partial charge < -0.3 is 9.80 Å². The molecule has 1 aromatic carbocycles. The number of carbonyl (C=O) groups excluding carboxylic acids is 1. The van der Waals surface area contributed by atoms with E-state index in [0.29, 0.717) is 27.9 Å². The summed E-state index contributed by atoms with van der Waals surface area (Å²) in [5.74, 6) is 0.707. The second kappa shape index (κ2) is 13.3. The zero-order valence-corrected chi connectivity index (χ0v) is 24.7. The summed E-state index contributed by atoms with van der Waals surface area (Å²) >= 11 is 6.88. The maximum absolute atomic E-state index is 13.6. The molecule has 206 valence electrons. The molecule has 0 N–H and O–H groups in total. The second-order valence-electron chi connectivity index (χ2n) is 10.0. The van der Waals surface area contributed by atoms with Crippen LogP contribution in [-0.2, 0) is 11.3 Å². The van der Waals surface area contributed by atoms with Gasteiger partial charge in [0.1, 0.15) is 21.8 Å². The first kappa shape index (κ1) is 28.9. The molecule has 2 saturated heterocycles. The summed E-state index contributed by atoms with van der Waals surface area (Å²) in [4.78, 5) is 33.8. The number of hydrogen-bond donors (Lipinski definition) is 0. The van der Waals surface area contributed by atoms with Gasteiger partial charge in [-0.05, 0) is 43.5 Å². The summed E-state index contributed by atoms with van der Waals surface area (Å²) in [5, 5.41) is 9.95. The van der Waals surface area contributed by atoms with Crippen LogP contribution in [-0.4, -0.2) is 52.4 Å². The molecule has 2 aliphatic rings. The minimum absolute atomic E-state index is 0.0924. The predicted octanol–water partition coefficient (Wildman–Crippen LogP) is 5.55. The van der Waals surface area contributed by atoms with Crippen LogP contribution in [0.25, 0.3) is 6.08 Å². The van der Waals surface area contributed by atoms with Gasteiger partial charge in [0.25, 0.3) is 11.5 Å². The maximum atomic E-state index is 13.6. The third kappa shape index (κ3) is 6.23. The van der Waals surface area contributed by atoms with Gasteiger partial charge in [-0.25, -0.2) is 0 Å². The Morgan fingerprint density at radius 3 is 2.28 bits per heavy atom. The molecule has 7 nitrogen and oxygen atoms in total. The summed E-state index contributed by atoms with van der Waals surface area (Å²) in [5.41, 5.74) is 2.45. The van der Waals surface area contributed by atoms with Gasteiger partial charge in [0.05, 0.1) is 4.91 Å². The summed E-state index contributed by atoms with van der Waals surface area (Å²) < 4.78 is 2.33. The van der Waals surface area contributed by atoms with Gasteiger partial charge in [0.15, 0.2) is 0 Å². The molecule has 0 aliphatic carbocycles. The maximum Gasteiger partial charge on any atom is 0.270 e. The smallest absolute Gasteiger partial charge is 0.270 e. The number of nitriles is 1. The molecule has 1 aromatic heterocycles. The highest BCUT2D eigenvalue weighted by atomic mass is 32.2. The monoisotopic (exact) mass is 563 g/mol. The van der Waals surface area contributed by atoms with Crippen molar-refractivity contribution < 1.29 is 4.79 Å². The van der Waals surface area contributed by atoms with Crippen LogP contribution in [0.3, 0.4) is 0 Å². The van der Waals surface area contributed by atoms with Crippen molar-refractivity contribution in [1.29, 1.82) is 5.26 Å². The van der Waals surface area contributed by atoms with E-state index in [2.05, 4.69) is 41.8 Å². The van der Waals surface area contributed by atoms with Gasteiger partial charge in [0, 0.05) is 50.5 Å². The standard InChI is InChI=1S/C30H37N5O2S2/c1-4-6-11-15-35-29(37)26(39-30(35)38)20-24-22(3)25(21-31)28(36)34(14-7-5-2)27(24)33-18-16-32(17-19-33)23-12-9-8-10-13-23/h8-10,12-13,20H,4-7,11,14-19H2,1-3H3/b26-20+. The Balaban J connectivity index is 1.76. The lowest BCUT2D eigenvalue weighted by molar-refractivity contribution is -0.122. The first-order chi connectivity index (χ1) is 18.9. The molecule has 0 unspecified atom stereocenters. The molecule has 0 radical (unpaired) electrons. The van der Waals surface area contributed by atoms with E-state index in [0.717, 1.165) is 69.7 Å². The molecular formula is C30H37N5O2S2. The summed E-state index contributed by atoms with van der Waals surface area (Å²) in [6.45, 7) is 10.3. The zero-order valence-electron chi connectivity index (χ0n) is 23.1.